The second-order valence-corrected chi connectivity index (χ2v) is 8.72. The SMILES string of the molecule is CCCCCCCCCCCC(CCC)c1ccccc1Cc1ccc(N)cc1. The highest BCUT2D eigenvalue weighted by Gasteiger charge is 2.14. The lowest BCUT2D eigenvalue weighted by Crippen LogP contribution is -2.04. The highest BCUT2D eigenvalue weighted by Crippen LogP contribution is 2.31. The minimum atomic E-state index is 0.703. The average molecular weight is 394 g/mol. The van der Waals surface area contributed by atoms with Gasteiger partial charge in [-0.3, -0.25) is 0 Å². The highest BCUT2D eigenvalue weighted by atomic mass is 14.5. The van der Waals surface area contributed by atoms with E-state index in [2.05, 4.69) is 50.2 Å². The molecule has 0 spiro atoms. The molecule has 0 radical (unpaired) electrons. The van der Waals surface area contributed by atoms with Gasteiger partial charge in [-0.15, -0.1) is 0 Å². The van der Waals surface area contributed by atoms with Crippen LogP contribution < -0.4 is 5.73 Å². The Hall–Kier alpha value is -1.76. The number of anilines is 1. The van der Waals surface area contributed by atoms with Crippen LogP contribution in [-0.4, -0.2) is 0 Å². The molecular formula is C28H43N. The van der Waals surface area contributed by atoms with Gasteiger partial charge in [-0.1, -0.05) is 114 Å². The molecule has 0 heterocycles. The average Bonchev–Trinajstić information content (AvgIpc) is 2.74. The Morgan fingerprint density at radius 1 is 0.655 bits per heavy atom. The van der Waals surface area contributed by atoms with Gasteiger partial charge in [0, 0.05) is 5.69 Å². The second kappa shape index (κ2) is 14.3. The molecular weight excluding hydrogens is 350 g/mol. The summed E-state index contributed by atoms with van der Waals surface area (Å²) in [5.41, 5.74) is 11.1. The van der Waals surface area contributed by atoms with Crippen LogP contribution in [0.25, 0.3) is 0 Å². The molecule has 0 amide bonds. The number of nitrogens with two attached hydrogens (primary N) is 1. The number of hydrogen-bond donors (Lipinski definition) is 1. The standard InChI is InChI=1S/C28H43N/c1-3-5-6-7-8-9-10-11-12-16-25(15-4-2)28-18-14-13-17-26(28)23-24-19-21-27(29)22-20-24/h13-14,17-22,25H,3-12,15-16,23,29H2,1-2H3. The van der Waals surface area contributed by atoms with Gasteiger partial charge in [0.2, 0.25) is 0 Å². The van der Waals surface area contributed by atoms with Crippen LogP contribution in [0.5, 0.6) is 0 Å². The number of rotatable bonds is 15. The molecule has 0 aliphatic rings. The van der Waals surface area contributed by atoms with Crippen LogP contribution in [-0.2, 0) is 6.42 Å². The number of hydrogen-bond acceptors (Lipinski definition) is 1. The lowest BCUT2D eigenvalue weighted by atomic mass is 9.85. The van der Waals surface area contributed by atoms with Gasteiger partial charge < -0.3 is 5.73 Å². The van der Waals surface area contributed by atoms with Crippen molar-refractivity contribution < 1.29 is 0 Å². The first-order valence-corrected chi connectivity index (χ1v) is 12.2. The Kier molecular flexibility index (Phi) is 11.6. The summed E-state index contributed by atoms with van der Waals surface area (Å²) >= 11 is 0. The first-order valence-electron chi connectivity index (χ1n) is 12.2. The van der Waals surface area contributed by atoms with Gasteiger partial charge in [0.15, 0.2) is 0 Å². The summed E-state index contributed by atoms with van der Waals surface area (Å²) in [6.07, 6.45) is 17.6. The van der Waals surface area contributed by atoms with E-state index in [0.29, 0.717) is 5.92 Å². The van der Waals surface area contributed by atoms with Crippen LogP contribution in [0.15, 0.2) is 48.5 Å². The maximum atomic E-state index is 5.86. The summed E-state index contributed by atoms with van der Waals surface area (Å²) in [6, 6.07) is 17.5. The first-order chi connectivity index (χ1) is 14.2. The minimum absolute atomic E-state index is 0.703. The van der Waals surface area contributed by atoms with Crippen molar-refractivity contribution >= 4 is 5.69 Å². The summed E-state index contributed by atoms with van der Waals surface area (Å²) in [4.78, 5) is 0. The largest absolute Gasteiger partial charge is 0.399 e. The molecule has 0 aliphatic carbocycles. The van der Waals surface area contributed by atoms with Gasteiger partial charge in [-0.2, -0.15) is 0 Å². The summed E-state index contributed by atoms with van der Waals surface area (Å²) in [5.74, 6) is 0.703. The van der Waals surface area contributed by atoms with E-state index in [1.54, 1.807) is 5.56 Å². The fourth-order valence-corrected chi connectivity index (χ4v) is 4.45. The molecule has 2 aromatic carbocycles. The third kappa shape index (κ3) is 9.07. The van der Waals surface area contributed by atoms with E-state index in [9.17, 15) is 0 Å². The van der Waals surface area contributed by atoms with Gasteiger partial charge in [0.05, 0.1) is 0 Å². The molecule has 0 fully saturated rings. The van der Waals surface area contributed by atoms with Crippen molar-refractivity contribution in [1.82, 2.24) is 0 Å². The van der Waals surface area contributed by atoms with Crippen molar-refractivity contribution in [3.05, 3.63) is 65.2 Å². The molecule has 0 saturated carbocycles. The monoisotopic (exact) mass is 393 g/mol. The normalized spacial score (nSPS) is 12.2. The molecule has 1 heteroatoms. The Bertz CT molecular complexity index is 658. The Morgan fingerprint density at radius 3 is 1.93 bits per heavy atom. The summed E-state index contributed by atoms with van der Waals surface area (Å²) < 4.78 is 0. The van der Waals surface area contributed by atoms with E-state index in [-0.39, 0.29) is 0 Å². The number of unbranched alkanes of at least 4 members (excludes halogenated alkanes) is 8. The molecule has 0 aliphatic heterocycles. The maximum Gasteiger partial charge on any atom is 0.0314 e. The summed E-state index contributed by atoms with van der Waals surface area (Å²) in [5, 5.41) is 0. The number of nitrogen functional groups attached to an aromatic ring is 1. The van der Waals surface area contributed by atoms with Crippen LogP contribution in [0.2, 0.25) is 0 Å². The van der Waals surface area contributed by atoms with E-state index in [1.807, 2.05) is 12.1 Å². The topological polar surface area (TPSA) is 26.0 Å². The molecule has 1 nitrogen and oxygen atoms in total. The molecule has 1 atom stereocenters. The third-order valence-electron chi connectivity index (χ3n) is 6.16. The lowest BCUT2D eigenvalue weighted by Gasteiger charge is -2.20. The van der Waals surface area contributed by atoms with E-state index in [4.69, 9.17) is 5.73 Å². The fraction of sp³-hybridized carbons (Fsp3) is 0.571. The predicted molar refractivity (Wildman–Crippen MR) is 130 cm³/mol. The van der Waals surface area contributed by atoms with E-state index < -0.39 is 0 Å². The summed E-state index contributed by atoms with van der Waals surface area (Å²) in [6.45, 7) is 4.62. The van der Waals surface area contributed by atoms with Gasteiger partial charge >= 0.3 is 0 Å². The molecule has 2 N–H and O–H groups in total. The quantitative estimate of drug-likeness (QED) is 0.238. The Morgan fingerprint density at radius 2 is 1.28 bits per heavy atom. The molecule has 29 heavy (non-hydrogen) atoms. The zero-order chi connectivity index (χ0) is 20.7. The van der Waals surface area contributed by atoms with Crippen LogP contribution in [0.1, 0.15) is 114 Å². The zero-order valence-electron chi connectivity index (χ0n) is 19.0. The molecule has 2 aromatic rings. The van der Waals surface area contributed by atoms with Crippen LogP contribution in [0.3, 0.4) is 0 Å². The third-order valence-corrected chi connectivity index (χ3v) is 6.16. The van der Waals surface area contributed by atoms with Crippen molar-refractivity contribution in [2.45, 2.75) is 103 Å². The minimum Gasteiger partial charge on any atom is -0.399 e. The molecule has 2 rings (SSSR count). The smallest absolute Gasteiger partial charge is 0.0314 e. The van der Waals surface area contributed by atoms with Gasteiger partial charge in [0.1, 0.15) is 0 Å². The van der Waals surface area contributed by atoms with Gasteiger partial charge in [-0.25, -0.2) is 0 Å². The van der Waals surface area contributed by atoms with Crippen molar-refractivity contribution in [2.75, 3.05) is 5.73 Å². The van der Waals surface area contributed by atoms with Crippen molar-refractivity contribution in [3.63, 3.8) is 0 Å². The lowest BCUT2D eigenvalue weighted by molar-refractivity contribution is 0.504. The summed E-state index contributed by atoms with van der Waals surface area (Å²) in [7, 11) is 0. The second-order valence-electron chi connectivity index (χ2n) is 8.72. The molecule has 0 saturated heterocycles. The fourth-order valence-electron chi connectivity index (χ4n) is 4.45. The van der Waals surface area contributed by atoms with Crippen LogP contribution in [0.4, 0.5) is 5.69 Å². The molecule has 0 aromatic heterocycles. The predicted octanol–water partition coefficient (Wildman–Crippen LogP) is 8.66. The number of benzene rings is 2. The first kappa shape index (κ1) is 23.5. The molecule has 0 bridgehead atoms. The van der Waals surface area contributed by atoms with E-state index in [1.165, 1.54) is 88.2 Å². The highest BCUT2D eigenvalue weighted by molar-refractivity contribution is 5.42. The zero-order valence-corrected chi connectivity index (χ0v) is 19.0. The van der Waals surface area contributed by atoms with Crippen LogP contribution >= 0.6 is 0 Å². The molecule has 1 unspecified atom stereocenters. The van der Waals surface area contributed by atoms with Crippen LogP contribution in [0, 0.1) is 0 Å². The van der Waals surface area contributed by atoms with Crippen molar-refractivity contribution in [3.8, 4) is 0 Å². The van der Waals surface area contributed by atoms with E-state index in [0.717, 1.165) is 12.1 Å². The van der Waals surface area contributed by atoms with Gasteiger partial charge in [-0.05, 0) is 54.0 Å². The van der Waals surface area contributed by atoms with Gasteiger partial charge in [0.25, 0.3) is 0 Å². The van der Waals surface area contributed by atoms with E-state index >= 15 is 0 Å². The Labute approximate surface area is 180 Å². The molecule has 160 valence electrons. The van der Waals surface area contributed by atoms with Crippen molar-refractivity contribution in [2.24, 2.45) is 0 Å². The maximum absolute atomic E-state index is 5.86. The Balaban J connectivity index is 1.85. The van der Waals surface area contributed by atoms with Crippen molar-refractivity contribution in [1.29, 1.82) is 0 Å².